The van der Waals surface area contributed by atoms with Gasteiger partial charge in [0.05, 0.1) is 11.7 Å². The highest BCUT2D eigenvalue weighted by Gasteiger charge is 2.35. The van der Waals surface area contributed by atoms with Crippen molar-refractivity contribution in [3.63, 3.8) is 0 Å². The molecule has 0 bridgehead atoms. The first-order valence-electron chi connectivity index (χ1n) is 8.13. The van der Waals surface area contributed by atoms with E-state index in [1.807, 2.05) is 11.7 Å². The van der Waals surface area contributed by atoms with Crippen LogP contribution in [0.15, 0.2) is 4.60 Å². The Kier molecular flexibility index (Phi) is 5.47. The van der Waals surface area contributed by atoms with Gasteiger partial charge < -0.3 is 5.32 Å². The number of aromatic nitrogens is 3. The summed E-state index contributed by atoms with van der Waals surface area (Å²) < 4.78 is 2.79. The number of nitrogens with one attached hydrogen (secondary N) is 1. The smallest absolute Gasteiger partial charge is 0.153 e. The zero-order chi connectivity index (χ0) is 15.6. The Balaban J connectivity index is 2.11. The van der Waals surface area contributed by atoms with E-state index in [4.69, 9.17) is 0 Å². The van der Waals surface area contributed by atoms with E-state index < -0.39 is 0 Å². The highest BCUT2D eigenvalue weighted by Crippen LogP contribution is 2.44. The van der Waals surface area contributed by atoms with Crippen molar-refractivity contribution in [1.82, 2.24) is 20.3 Å². The van der Waals surface area contributed by atoms with Gasteiger partial charge in [0, 0.05) is 7.05 Å². The molecule has 1 saturated carbocycles. The molecule has 1 aromatic rings. The minimum atomic E-state index is 0.352. The Hall–Kier alpha value is -0.420. The molecule has 21 heavy (non-hydrogen) atoms. The second-order valence-electron chi connectivity index (χ2n) is 7.40. The van der Waals surface area contributed by atoms with E-state index in [0.29, 0.717) is 17.4 Å². The van der Waals surface area contributed by atoms with Crippen molar-refractivity contribution in [3.8, 4) is 0 Å². The van der Waals surface area contributed by atoms with E-state index in [1.165, 1.54) is 31.4 Å². The molecule has 0 aromatic carbocycles. The number of hydrogen-bond acceptors (Lipinski definition) is 3. The number of hydrogen-bond donors (Lipinski definition) is 1. The number of rotatable bonds is 4. The van der Waals surface area contributed by atoms with Crippen LogP contribution in [0.2, 0.25) is 0 Å². The van der Waals surface area contributed by atoms with Crippen molar-refractivity contribution in [2.45, 2.75) is 59.4 Å². The van der Waals surface area contributed by atoms with Crippen LogP contribution in [0.3, 0.4) is 0 Å². The Morgan fingerprint density at radius 1 is 1.29 bits per heavy atom. The van der Waals surface area contributed by atoms with E-state index >= 15 is 0 Å². The molecule has 1 atom stereocenters. The normalized spacial score (nSPS) is 25.0. The van der Waals surface area contributed by atoms with Gasteiger partial charge >= 0.3 is 0 Å². The summed E-state index contributed by atoms with van der Waals surface area (Å²) in [6.07, 6.45) is 5.24. The number of aryl methyl sites for hydroxylation is 1. The van der Waals surface area contributed by atoms with Gasteiger partial charge in [-0.15, -0.1) is 5.10 Å². The van der Waals surface area contributed by atoms with Crippen molar-refractivity contribution in [2.24, 2.45) is 24.3 Å². The Labute approximate surface area is 137 Å². The largest absolute Gasteiger partial charge is 0.309 e. The quantitative estimate of drug-likeness (QED) is 0.883. The molecule has 1 N–H and O–H groups in total. The average Bonchev–Trinajstić information content (AvgIpc) is 2.75. The van der Waals surface area contributed by atoms with Gasteiger partial charge in [0.2, 0.25) is 0 Å². The van der Waals surface area contributed by atoms with Gasteiger partial charge in [0.1, 0.15) is 0 Å². The topological polar surface area (TPSA) is 42.7 Å². The second-order valence-corrected chi connectivity index (χ2v) is 8.15. The SMILES string of the molecule is CCNC(c1c(Br)nnn1C)C1CCC(C(C)(C)C)CC1. The molecular formula is C16H29BrN4. The first kappa shape index (κ1) is 16.9. The molecule has 1 aromatic heterocycles. The highest BCUT2D eigenvalue weighted by atomic mass is 79.9. The van der Waals surface area contributed by atoms with Crippen molar-refractivity contribution >= 4 is 15.9 Å². The molecule has 0 radical (unpaired) electrons. The van der Waals surface area contributed by atoms with Crippen molar-refractivity contribution < 1.29 is 0 Å². The first-order chi connectivity index (χ1) is 9.84. The number of halogens is 1. The van der Waals surface area contributed by atoms with E-state index in [0.717, 1.165) is 17.1 Å². The van der Waals surface area contributed by atoms with E-state index in [1.54, 1.807) is 0 Å². The maximum Gasteiger partial charge on any atom is 0.153 e. The molecule has 4 nitrogen and oxygen atoms in total. The molecule has 1 heterocycles. The molecule has 0 saturated heterocycles. The second kappa shape index (κ2) is 6.78. The first-order valence-corrected chi connectivity index (χ1v) is 8.92. The maximum absolute atomic E-state index is 4.16. The van der Waals surface area contributed by atoms with Gasteiger partial charge in [0.25, 0.3) is 0 Å². The predicted octanol–water partition coefficient (Wildman–Crippen LogP) is 4.08. The van der Waals surface area contributed by atoms with E-state index in [2.05, 4.69) is 59.3 Å². The van der Waals surface area contributed by atoms with Gasteiger partial charge in [-0.3, -0.25) is 0 Å². The summed E-state index contributed by atoms with van der Waals surface area (Å²) in [6, 6.07) is 0.352. The molecule has 0 amide bonds. The number of nitrogens with zero attached hydrogens (tertiary/aromatic N) is 3. The minimum absolute atomic E-state index is 0.352. The van der Waals surface area contributed by atoms with Crippen LogP contribution in [0.1, 0.15) is 65.1 Å². The molecule has 1 unspecified atom stereocenters. The minimum Gasteiger partial charge on any atom is -0.309 e. The van der Waals surface area contributed by atoms with Crippen LogP contribution >= 0.6 is 15.9 Å². The van der Waals surface area contributed by atoms with Crippen LogP contribution < -0.4 is 5.32 Å². The lowest BCUT2D eigenvalue weighted by molar-refractivity contribution is 0.131. The summed E-state index contributed by atoms with van der Waals surface area (Å²) in [5.74, 6) is 1.53. The Morgan fingerprint density at radius 2 is 1.90 bits per heavy atom. The van der Waals surface area contributed by atoms with Crippen LogP contribution in [0.5, 0.6) is 0 Å². The molecular weight excluding hydrogens is 328 g/mol. The predicted molar refractivity (Wildman–Crippen MR) is 90.0 cm³/mol. The van der Waals surface area contributed by atoms with Gasteiger partial charge in [-0.2, -0.15) is 0 Å². The van der Waals surface area contributed by atoms with Crippen LogP contribution in [0.25, 0.3) is 0 Å². The molecule has 0 aliphatic heterocycles. The van der Waals surface area contributed by atoms with Crippen molar-refractivity contribution in [2.75, 3.05) is 6.54 Å². The fourth-order valence-corrected chi connectivity index (χ4v) is 4.27. The molecule has 2 rings (SSSR count). The molecule has 0 spiro atoms. The van der Waals surface area contributed by atoms with Crippen LogP contribution in [0, 0.1) is 17.3 Å². The zero-order valence-corrected chi connectivity index (χ0v) is 15.6. The van der Waals surface area contributed by atoms with Crippen LogP contribution in [-0.4, -0.2) is 21.5 Å². The lowest BCUT2D eigenvalue weighted by Gasteiger charge is -2.39. The molecule has 5 heteroatoms. The fourth-order valence-electron chi connectivity index (χ4n) is 3.69. The molecule has 1 aliphatic rings. The molecule has 120 valence electrons. The van der Waals surface area contributed by atoms with Gasteiger partial charge in [0.15, 0.2) is 4.60 Å². The fraction of sp³-hybridized carbons (Fsp3) is 0.875. The monoisotopic (exact) mass is 356 g/mol. The Bertz CT molecular complexity index is 436. The third-order valence-electron chi connectivity index (χ3n) is 5.01. The van der Waals surface area contributed by atoms with Gasteiger partial charge in [-0.25, -0.2) is 4.68 Å². The summed E-state index contributed by atoms with van der Waals surface area (Å²) in [5, 5.41) is 12.0. The van der Waals surface area contributed by atoms with Gasteiger partial charge in [-0.1, -0.05) is 32.9 Å². The van der Waals surface area contributed by atoms with Crippen LogP contribution in [-0.2, 0) is 7.05 Å². The van der Waals surface area contributed by atoms with Crippen molar-refractivity contribution in [3.05, 3.63) is 10.3 Å². The summed E-state index contributed by atoms with van der Waals surface area (Å²) in [6.45, 7) is 10.3. The maximum atomic E-state index is 4.16. The van der Waals surface area contributed by atoms with Gasteiger partial charge in [-0.05, 0) is 65.4 Å². The molecule has 1 fully saturated rings. The lowest BCUT2D eigenvalue weighted by atomic mass is 9.68. The highest BCUT2D eigenvalue weighted by molar-refractivity contribution is 9.10. The molecule has 1 aliphatic carbocycles. The van der Waals surface area contributed by atoms with Crippen LogP contribution in [0.4, 0.5) is 0 Å². The van der Waals surface area contributed by atoms with E-state index in [-0.39, 0.29) is 0 Å². The zero-order valence-electron chi connectivity index (χ0n) is 14.0. The Morgan fingerprint density at radius 3 is 2.33 bits per heavy atom. The summed E-state index contributed by atoms with van der Waals surface area (Å²) in [4.78, 5) is 0. The lowest BCUT2D eigenvalue weighted by Crippen LogP contribution is -2.34. The third kappa shape index (κ3) is 3.86. The summed E-state index contributed by atoms with van der Waals surface area (Å²) in [5.41, 5.74) is 1.63. The van der Waals surface area contributed by atoms with Crippen molar-refractivity contribution in [1.29, 1.82) is 0 Å². The van der Waals surface area contributed by atoms with E-state index in [9.17, 15) is 0 Å². The average molecular weight is 357 g/mol. The summed E-state index contributed by atoms with van der Waals surface area (Å²) in [7, 11) is 1.98. The third-order valence-corrected chi connectivity index (χ3v) is 5.58. The summed E-state index contributed by atoms with van der Waals surface area (Å²) >= 11 is 3.56. The standard InChI is InChI=1S/C16H29BrN4/c1-6-18-13(14-15(17)19-20-21(14)5)11-7-9-12(10-8-11)16(2,3)4/h11-13,18H,6-10H2,1-5H3.